The summed E-state index contributed by atoms with van der Waals surface area (Å²) < 4.78 is 45.7. The number of rotatable bonds is 3. The van der Waals surface area contributed by atoms with Gasteiger partial charge in [0.05, 0.1) is 0 Å². The Morgan fingerprint density at radius 3 is 2.25 bits per heavy atom. The van der Waals surface area contributed by atoms with Crippen molar-refractivity contribution in [3.05, 3.63) is 69.2 Å². The fourth-order valence-corrected chi connectivity index (χ4v) is 3.12. The molecule has 0 fully saturated rings. The van der Waals surface area contributed by atoms with Gasteiger partial charge in [-0.25, -0.2) is 4.79 Å². The zero-order valence-corrected chi connectivity index (χ0v) is 15.5. The highest BCUT2D eigenvalue weighted by Crippen LogP contribution is 2.37. The van der Waals surface area contributed by atoms with Crippen molar-refractivity contribution in [3.8, 4) is 33.8 Å². The molecular formula is C20H14ClF3O4. The van der Waals surface area contributed by atoms with Gasteiger partial charge in [-0.05, 0) is 54.8 Å². The first-order chi connectivity index (χ1) is 13.0. The number of alkyl halides is 3. The second-order valence-electron chi connectivity index (χ2n) is 6.12. The zero-order valence-electron chi connectivity index (χ0n) is 14.7. The van der Waals surface area contributed by atoms with E-state index in [1.54, 1.807) is 19.9 Å². The molecule has 0 unspecified atom stereocenters. The van der Waals surface area contributed by atoms with Gasteiger partial charge in [-0.15, -0.1) is 13.2 Å². The first-order valence-corrected chi connectivity index (χ1v) is 8.43. The van der Waals surface area contributed by atoms with Crippen molar-refractivity contribution >= 4 is 11.6 Å². The van der Waals surface area contributed by atoms with E-state index in [1.807, 2.05) is 0 Å². The van der Waals surface area contributed by atoms with E-state index in [0.717, 1.165) is 0 Å². The fourth-order valence-electron chi connectivity index (χ4n) is 2.85. The first kappa shape index (κ1) is 19.8. The number of ether oxygens (including phenoxy) is 1. The highest BCUT2D eigenvalue weighted by atomic mass is 35.5. The summed E-state index contributed by atoms with van der Waals surface area (Å²) in [4.78, 5) is 12.2. The van der Waals surface area contributed by atoms with E-state index in [1.165, 1.54) is 36.4 Å². The number of hydrogen-bond donors (Lipinski definition) is 1. The zero-order chi connectivity index (χ0) is 20.6. The summed E-state index contributed by atoms with van der Waals surface area (Å²) in [5, 5.41) is 10.4. The molecule has 0 atom stereocenters. The first-order valence-electron chi connectivity index (χ1n) is 8.05. The van der Waals surface area contributed by atoms with Gasteiger partial charge >= 0.3 is 12.0 Å². The minimum atomic E-state index is -4.77. The molecule has 8 heteroatoms. The predicted molar refractivity (Wildman–Crippen MR) is 98.7 cm³/mol. The second kappa shape index (κ2) is 7.24. The van der Waals surface area contributed by atoms with E-state index in [0.29, 0.717) is 22.3 Å². The molecule has 146 valence electrons. The monoisotopic (exact) mass is 410 g/mol. The maximum Gasteiger partial charge on any atom is 0.573 e. The van der Waals surface area contributed by atoms with Crippen LogP contribution in [-0.4, -0.2) is 11.5 Å². The van der Waals surface area contributed by atoms with Gasteiger partial charge in [0.2, 0.25) is 0 Å². The lowest BCUT2D eigenvalue weighted by molar-refractivity contribution is -0.274. The molecule has 1 N–H and O–H groups in total. The van der Waals surface area contributed by atoms with E-state index >= 15 is 0 Å². The molecule has 0 saturated carbocycles. The van der Waals surface area contributed by atoms with Crippen molar-refractivity contribution in [3.63, 3.8) is 0 Å². The molecular weight excluding hydrogens is 397 g/mol. The van der Waals surface area contributed by atoms with Crippen molar-refractivity contribution in [2.45, 2.75) is 20.2 Å². The summed E-state index contributed by atoms with van der Waals surface area (Å²) in [6.45, 7) is 3.26. The van der Waals surface area contributed by atoms with E-state index in [2.05, 4.69) is 4.74 Å². The summed E-state index contributed by atoms with van der Waals surface area (Å²) in [6.07, 6.45) is -4.77. The molecule has 0 amide bonds. The summed E-state index contributed by atoms with van der Waals surface area (Å²) in [6, 6.07) is 9.77. The normalized spacial score (nSPS) is 11.5. The van der Waals surface area contributed by atoms with Crippen LogP contribution in [-0.2, 0) is 0 Å². The number of aryl methyl sites for hydroxylation is 2. The van der Waals surface area contributed by atoms with E-state index < -0.39 is 12.0 Å². The topological polar surface area (TPSA) is 59.7 Å². The van der Waals surface area contributed by atoms with Gasteiger partial charge < -0.3 is 14.3 Å². The van der Waals surface area contributed by atoms with E-state index in [9.17, 15) is 23.1 Å². The van der Waals surface area contributed by atoms with Crippen LogP contribution >= 0.6 is 11.6 Å². The average Bonchev–Trinajstić information content (AvgIpc) is 2.56. The Morgan fingerprint density at radius 2 is 1.68 bits per heavy atom. The van der Waals surface area contributed by atoms with Gasteiger partial charge in [-0.3, -0.25) is 0 Å². The van der Waals surface area contributed by atoms with Crippen LogP contribution in [0.5, 0.6) is 11.5 Å². The highest BCUT2D eigenvalue weighted by molar-refractivity contribution is 6.33. The number of benzene rings is 2. The lowest BCUT2D eigenvalue weighted by Gasteiger charge is -2.13. The molecule has 0 aliphatic rings. The van der Waals surface area contributed by atoms with Crippen LogP contribution in [0.4, 0.5) is 13.2 Å². The largest absolute Gasteiger partial charge is 0.573 e. The smallest absolute Gasteiger partial charge is 0.507 e. The highest BCUT2D eigenvalue weighted by Gasteiger charge is 2.31. The molecule has 3 rings (SSSR count). The Morgan fingerprint density at radius 1 is 1.04 bits per heavy atom. The molecule has 1 heterocycles. The molecule has 2 aromatic carbocycles. The summed E-state index contributed by atoms with van der Waals surface area (Å²) in [5.41, 5.74) is 1.44. The minimum absolute atomic E-state index is 0.00882. The van der Waals surface area contributed by atoms with Crippen LogP contribution in [0.3, 0.4) is 0 Å². The van der Waals surface area contributed by atoms with Gasteiger partial charge in [-0.2, -0.15) is 0 Å². The van der Waals surface area contributed by atoms with Crippen LogP contribution in [0, 0.1) is 13.8 Å². The van der Waals surface area contributed by atoms with Gasteiger partial charge in [0.25, 0.3) is 0 Å². The van der Waals surface area contributed by atoms with Gasteiger partial charge in [0.15, 0.2) is 0 Å². The quantitative estimate of drug-likeness (QED) is 0.588. The van der Waals surface area contributed by atoms with Gasteiger partial charge in [0.1, 0.15) is 22.8 Å². The van der Waals surface area contributed by atoms with Crippen LogP contribution < -0.4 is 10.4 Å². The van der Waals surface area contributed by atoms with Crippen molar-refractivity contribution in [1.82, 2.24) is 0 Å². The molecule has 1 aromatic heterocycles. The lowest BCUT2D eigenvalue weighted by Crippen LogP contribution is -2.16. The second-order valence-corrected chi connectivity index (χ2v) is 6.53. The maximum absolute atomic E-state index is 12.3. The fraction of sp³-hybridized carbons (Fsp3) is 0.150. The van der Waals surface area contributed by atoms with Gasteiger partial charge in [-0.1, -0.05) is 23.7 Å². The molecule has 0 aliphatic carbocycles. The Labute approximate surface area is 162 Å². The average molecular weight is 411 g/mol. The SMILES string of the molecule is Cc1cc(O)c(-c2cc(Cl)c(-c3ccc(OC(F)(F)F)cc3)cc2C)c(=O)o1. The van der Waals surface area contributed by atoms with Crippen molar-refractivity contribution < 1.29 is 27.4 Å². The van der Waals surface area contributed by atoms with Crippen molar-refractivity contribution in [1.29, 1.82) is 0 Å². The Bertz CT molecular complexity index is 1090. The Hall–Kier alpha value is -2.93. The minimum Gasteiger partial charge on any atom is -0.507 e. The molecule has 0 saturated heterocycles. The third-order valence-corrected chi connectivity index (χ3v) is 4.35. The number of halogens is 4. The maximum atomic E-state index is 12.3. The molecule has 0 aliphatic heterocycles. The molecule has 0 bridgehead atoms. The van der Waals surface area contributed by atoms with Crippen LogP contribution in [0.2, 0.25) is 5.02 Å². The third-order valence-electron chi connectivity index (χ3n) is 4.04. The Balaban J connectivity index is 2.03. The van der Waals surface area contributed by atoms with Crippen molar-refractivity contribution in [2.24, 2.45) is 0 Å². The van der Waals surface area contributed by atoms with E-state index in [4.69, 9.17) is 16.0 Å². The predicted octanol–water partition coefficient (Wildman–Crippen LogP) is 5.85. The van der Waals surface area contributed by atoms with E-state index in [-0.39, 0.29) is 27.8 Å². The lowest BCUT2D eigenvalue weighted by atomic mass is 9.96. The van der Waals surface area contributed by atoms with Crippen LogP contribution in [0.15, 0.2) is 51.7 Å². The number of hydrogen-bond acceptors (Lipinski definition) is 4. The third kappa shape index (κ3) is 4.14. The van der Waals surface area contributed by atoms with Gasteiger partial charge in [0, 0.05) is 16.7 Å². The Kier molecular flexibility index (Phi) is 5.12. The molecule has 0 radical (unpaired) electrons. The van der Waals surface area contributed by atoms with Crippen LogP contribution in [0.1, 0.15) is 11.3 Å². The molecule has 0 spiro atoms. The summed E-state index contributed by atoms with van der Waals surface area (Å²) in [7, 11) is 0. The molecule has 28 heavy (non-hydrogen) atoms. The van der Waals surface area contributed by atoms with Crippen molar-refractivity contribution in [2.75, 3.05) is 0 Å². The van der Waals surface area contributed by atoms with Crippen LogP contribution in [0.25, 0.3) is 22.3 Å². The summed E-state index contributed by atoms with van der Waals surface area (Å²) >= 11 is 6.34. The number of aromatic hydroxyl groups is 1. The standard InChI is InChI=1S/C20H14ClF3O4/c1-10-7-15(12-3-5-13(6-4-12)28-20(22,23)24)16(21)9-14(10)18-17(25)8-11(2)27-19(18)26/h3-9,25H,1-2H3. The summed E-state index contributed by atoms with van der Waals surface area (Å²) in [5.74, 6) is -0.301. The molecule has 3 aromatic rings. The molecule has 4 nitrogen and oxygen atoms in total.